The number of aromatic nitrogens is 1. The largest absolute Gasteiger partial charge is 0.354 e. The SMILES string of the molecule is Cc1cc(C)n(CCNC(=O)CSCC(=O)NC2CCC2)c(=O)c1. The molecule has 0 spiro atoms. The van der Waals surface area contributed by atoms with Crippen molar-refractivity contribution in [3.05, 3.63) is 33.7 Å². The van der Waals surface area contributed by atoms with Crippen LogP contribution in [0.4, 0.5) is 0 Å². The molecule has 1 aromatic rings. The van der Waals surface area contributed by atoms with Gasteiger partial charge in [-0.05, 0) is 44.7 Å². The summed E-state index contributed by atoms with van der Waals surface area (Å²) in [7, 11) is 0. The number of aryl methyl sites for hydroxylation is 2. The van der Waals surface area contributed by atoms with E-state index < -0.39 is 0 Å². The second-order valence-corrected chi connectivity index (χ2v) is 7.19. The van der Waals surface area contributed by atoms with Crippen molar-refractivity contribution in [2.24, 2.45) is 0 Å². The number of amides is 2. The number of hydrogen-bond donors (Lipinski definition) is 2. The molecule has 1 aliphatic carbocycles. The number of carbonyl (C=O) groups excluding carboxylic acids is 2. The molecule has 1 aromatic heterocycles. The summed E-state index contributed by atoms with van der Waals surface area (Å²) < 4.78 is 1.65. The first kappa shape index (κ1) is 18.6. The zero-order chi connectivity index (χ0) is 17.5. The second-order valence-electron chi connectivity index (χ2n) is 6.20. The van der Waals surface area contributed by atoms with Gasteiger partial charge in [-0.3, -0.25) is 14.4 Å². The zero-order valence-electron chi connectivity index (χ0n) is 14.3. The molecule has 0 aromatic carbocycles. The van der Waals surface area contributed by atoms with Crippen LogP contribution in [0.5, 0.6) is 0 Å². The number of nitrogens with one attached hydrogen (secondary N) is 2. The summed E-state index contributed by atoms with van der Waals surface area (Å²) in [5.74, 6) is 0.439. The summed E-state index contributed by atoms with van der Waals surface area (Å²) in [5.41, 5.74) is 1.77. The van der Waals surface area contributed by atoms with Crippen LogP contribution in [0.1, 0.15) is 30.5 Å². The lowest BCUT2D eigenvalue weighted by atomic mass is 9.93. The molecule has 2 amide bonds. The van der Waals surface area contributed by atoms with Crippen LogP contribution in [0.3, 0.4) is 0 Å². The Labute approximate surface area is 146 Å². The molecule has 1 saturated carbocycles. The minimum absolute atomic E-state index is 0.000618. The Bertz CT molecular complexity index is 653. The Kier molecular flexibility index (Phi) is 6.90. The number of carbonyl (C=O) groups is 2. The molecule has 0 aliphatic heterocycles. The highest BCUT2D eigenvalue weighted by Crippen LogP contribution is 2.18. The van der Waals surface area contributed by atoms with Crippen molar-refractivity contribution in [2.75, 3.05) is 18.1 Å². The molecule has 2 rings (SSSR count). The van der Waals surface area contributed by atoms with Crippen LogP contribution >= 0.6 is 11.8 Å². The molecule has 0 saturated heterocycles. The quantitative estimate of drug-likeness (QED) is 0.732. The van der Waals surface area contributed by atoms with Gasteiger partial charge in [-0.2, -0.15) is 0 Å². The lowest BCUT2D eigenvalue weighted by Crippen LogP contribution is -2.40. The van der Waals surface area contributed by atoms with Gasteiger partial charge in [0, 0.05) is 30.9 Å². The van der Waals surface area contributed by atoms with Gasteiger partial charge >= 0.3 is 0 Å². The summed E-state index contributed by atoms with van der Waals surface area (Å²) >= 11 is 1.31. The Morgan fingerprint density at radius 3 is 2.54 bits per heavy atom. The standard InChI is InChI=1S/C17H25N3O3S/c1-12-8-13(2)20(17(23)9-12)7-6-18-15(21)10-24-11-16(22)19-14-4-3-5-14/h8-9,14H,3-7,10-11H2,1-2H3,(H,18,21)(H,19,22). The minimum Gasteiger partial charge on any atom is -0.354 e. The van der Waals surface area contributed by atoms with E-state index in [9.17, 15) is 14.4 Å². The predicted octanol–water partition coefficient (Wildman–Crippen LogP) is 0.983. The molecular weight excluding hydrogens is 326 g/mol. The van der Waals surface area contributed by atoms with Gasteiger partial charge < -0.3 is 15.2 Å². The van der Waals surface area contributed by atoms with Crippen LogP contribution in [-0.2, 0) is 16.1 Å². The van der Waals surface area contributed by atoms with E-state index in [4.69, 9.17) is 0 Å². The second kappa shape index (κ2) is 8.92. The molecule has 6 nitrogen and oxygen atoms in total. The van der Waals surface area contributed by atoms with Crippen molar-refractivity contribution < 1.29 is 9.59 Å². The highest BCUT2D eigenvalue weighted by molar-refractivity contribution is 8.00. The summed E-state index contributed by atoms with van der Waals surface area (Å²) in [6.07, 6.45) is 3.31. The molecule has 1 fully saturated rings. The van der Waals surface area contributed by atoms with Gasteiger partial charge in [-0.25, -0.2) is 0 Å². The van der Waals surface area contributed by atoms with E-state index in [0.717, 1.165) is 24.1 Å². The molecule has 24 heavy (non-hydrogen) atoms. The fraction of sp³-hybridized carbons (Fsp3) is 0.588. The highest BCUT2D eigenvalue weighted by Gasteiger charge is 2.19. The molecule has 1 aliphatic rings. The van der Waals surface area contributed by atoms with Crippen LogP contribution in [0.25, 0.3) is 0 Å². The molecule has 7 heteroatoms. The van der Waals surface area contributed by atoms with Crippen LogP contribution in [0.15, 0.2) is 16.9 Å². The van der Waals surface area contributed by atoms with Crippen LogP contribution in [0.2, 0.25) is 0 Å². The number of thioether (sulfide) groups is 1. The normalized spacial score (nSPS) is 14.1. The number of rotatable bonds is 8. The molecule has 0 bridgehead atoms. The van der Waals surface area contributed by atoms with Gasteiger partial charge in [0.05, 0.1) is 11.5 Å². The lowest BCUT2D eigenvalue weighted by Gasteiger charge is -2.26. The fourth-order valence-corrected chi connectivity index (χ4v) is 3.26. The first-order valence-corrected chi connectivity index (χ1v) is 9.43. The topological polar surface area (TPSA) is 80.2 Å². The van der Waals surface area contributed by atoms with Crippen molar-refractivity contribution in [1.82, 2.24) is 15.2 Å². The van der Waals surface area contributed by atoms with E-state index in [2.05, 4.69) is 10.6 Å². The summed E-state index contributed by atoms with van der Waals surface area (Å²) in [5, 5.41) is 5.73. The Hall–Kier alpha value is -1.76. The molecule has 132 valence electrons. The van der Waals surface area contributed by atoms with Gasteiger partial charge in [0.2, 0.25) is 11.8 Å². The van der Waals surface area contributed by atoms with Gasteiger partial charge in [0.1, 0.15) is 0 Å². The van der Waals surface area contributed by atoms with E-state index in [-0.39, 0.29) is 23.1 Å². The number of hydrogen-bond acceptors (Lipinski definition) is 4. The fourth-order valence-electron chi connectivity index (χ4n) is 2.60. The smallest absolute Gasteiger partial charge is 0.251 e. The Balaban J connectivity index is 1.63. The first-order valence-electron chi connectivity index (χ1n) is 8.27. The third-order valence-corrected chi connectivity index (χ3v) is 5.01. The summed E-state index contributed by atoms with van der Waals surface area (Å²) in [4.78, 5) is 35.3. The zero-order valence-corrected chi connectivity index (χ0v) is 15.1. The maximum absolute atomic E-state index is 11.9. The van der Waals surface area contributed by atoms with Crippen molar-refractivity contribution >= 4 is 23.6 Å². The Morgan fingerprint density at radius 1 is 1.21 bits per heavy atom. The van der Waals surface area contributed by atoms with Crippen molar-refractivity contribution in [2.45, 2.75) is 45.7 Å². The van der Waals surface area contributed by atoms with Crippen molar-refractivity contribution in [3.8, 4) is 0 Å². The lowest BCUT2D eigenvalue weighted by molar-refractivity contribution is -0.119. The minimum atomic E-state index is -0.116. The van der Waals surface area contributed by atoms with Crippen molar-refractivity contribution in [3.63, 3.8) is 0 Å². The van der Waals surface area contributed by atoms with Gasteiger partial charge in [0.25, 0.3) is 5.56 Å². The van der Waals surface area contributed by atoms with E-state index in [1.807, 2.05) is 19.9 Å². The van der Waals surface area contributed by atoms with Gasteiger partial charge in [0.15, 0.2) is 0 Å². The molecular formula is C17H25N3O3S. The summed E-state index contributed by atoms with van der Waals surface area (Å²) in [6, 6.07) is 3.87. The number of pyridine rings is 1. The third-order valence-electron chi connectivity index (χ3n) is 4.07. The van der Waals surface area contributed by atoms with Gasteiger partial charge in [-0.1, -0.05) is 0 Å². The van der Waals surface area contributed by atoms with Crippen LogP contribution in [0, 0.1) is 13.8 Å². The molecule has 0 unspecified atom stereocenters. The van der Waals surface area contributed by atoms with E-state index in [0.29, 0.717) is 24.9 Å². The average molecular weight is 351 g/mol. The number of nitrogens with zero attached hydrogens (tertiary/aromatic N) is 1. The third kappa shape index (κ3) is 5.70. The van der Waals surface area contributed by atoms with E-state index in [1.165, 1.54) is 18.2 Å². The van der Waals surface area contributed by atoms with E-state index >= 15 is 0 Å². The first-order chi connectivity index (χ1) is 11.5. The van der Waals surface area contributed by atoms with Crippen LogP contribution < -0.4 is 16.2 Å². The maximum atomic E-state index is 11.9. The molecule has 0 atom stereocenters. The van der Waals surface area contributed by atoms with Crippen LogP contribution in [-0.4, -0.2) is 40.5 Å². The van der Waals surface area contributed by atoms with Crippen molar-refractivity contribution in [1.29, 1.82) is 0 Å². The maximum Gasteiger partial charge on any atom is 0.251 e. The van der Waals surface area contributed by atoms with Gasteiger partial charge in [-0.15, -0.1) is 11.8 Å². The molecule has 0 radical (unpaired) electrons. The summed E-state index contributed by atoms with van der Waals surface area (Å²) in [6.45, 7) is 4.62. The Morgan fingerprint density at radius 2 is 1.92 bits per heavy atom. The van der Waals surface area contributed by atoms with E-state index in [1.54, 1.807) is 10.6 Å². The monoisotopic (exact) mass is 351 g/mol. The molecule has 2 N–H and O–H groups in total. The average Bonchev–Trinajstić information content (AvgIpc) is 2.45. The predicted molar refractivity (Wildman–Crippen MR) is 96.3 cm³/mol. The molecule has 1 heterocycles. The highest BCUT2D eigenvalue weighted by atomic mass is 32.2.